The van der Waals surface area contributed by atoms with Crippen molar-refractivity contribution < 1.29 is 13.5 Å². The maximum absolute atomic E-state index is 12.3. The largest absolute Gasteiger partial charge is 0.433 e. The summed E-state index contributed by atoms with van der Waals surface area (Å²) in [4.78, 5) is 4.07. The highest BCUT2D eigenvalue weighted by Crippen LogP contribution is 2.31. The molecule has 0 radical (unpaired) electrons. The van der Waals surface area contributed by atoms with E-state index in [9.17, 15) is 8.78 Å². The number of aromatic nitrogens is 1. The zero-order chi connectivity index (χ0) is 13.8. The Morgan fingerprint density at radius 3 is 2.74 bits per heavy atom. The number of nitrogen functional groups attached to an aromatic ring is 1. The lowest BCUT2D eigenvalue weighted by Crippen LogP contribution is -2.05. The minimum Gasteiger partial charge on any atom is -0.433 e. The predicted octanol–water partition coefficient (Wildman–Crippen LogP) is 3.77. The monoisotopic (exact) mass is 329 g/mol. The second-order valence-electron chi connectivity index (χ2n) is 3.60. The third-order valence-electron chi connectivity index (χ3n) is 2.22. The van der Waals surface area contributed by atoms with E-state index in [2.05, 4.69) is 31.0 Å². The van der Waals surface area contributed by atoms with Crippen LogP contribution in [0, 0.1) is 0 Å². The van der Waals surface area contributed by atoms with Crippen LogP contribution in [0.2, 0.25) is 0 Å². The molecule has 1 heterocycles. The molecule has 0 spiro atoms. The van der Waals surface area contributed by atoms with Crippen LogP contribution in [-0.2, 0) is 0 Å². The molecular weight excluding hydrogens is 320 g/mol. The molecule has 1 aromatic heterocycles. The van der Waals surface area contributed by atoms with Crippen LogP contribution in [0.4, 0.5) is 26.0 Å². The number of alkyl halides is 2. The lowest BCUT2D eigenvalue weighted by Gasteiger charge is -2.13. The van der Waals surface area contributed by atoms with E-state index in [1.165, 1.54) is 12.3 Å². The highest BCUT2D eigenvalue weighted by atomic mass is 79.9. The van der Waals surface area contributed by atoms with Crippen LogP contribution in [0.15, 0.2) is 41.0 Å². The number of nitrogens with two attached hydrogens (primary N) is 1. The van der Waals surface area contributed by atoms with Gasteiger partial charge in [-0.05, 0) is 34.1 Å². The van der Waals surface area contributed by atoms with Crippen LogP contribution in [0.1, 0.15) is 0 Å². The summed E-state index contributed by atoms with van der Waals surface area (Å²) in [6.45, 7) is -2.88. The quantitative estimate of drug-likeness (QED) is 0.896. The predicted molar refractivity (Wildman–Crippen MR) is 72.7 cm³/mol. The van der Waals surface area contributed by atoms with Crippen molar-refractivity contribution in [1.82, 2.24) is 4.98 Å². The normalized spacial score (nSPS) is 10.5. The molecule has 19 heavy (non-hydrogen) atoms. The molecule has 7 heteroatoms. The zero-order valence-corrected chi connectivity index (χ0v) is 11.2. The first-order chi connectivity index (χ1) is 9.06. The number of nitrogens with zero attached hydrogens (tertiary/aromatic N) is 1. The Bertz CT molecular complexity index is 581. The molecule has 2 rings (SSSR count). The third kappa shape index (κ3) is 3.54. The molecule has 100 valence electrons. The number of benzene rings is 1. The lowest BCUT2D eigenvalue weighted by molar-refractivity contribution is -0.0493. The molecule has 0 saturated heterocycles. The molecule has 2 aromatic rings. The summed E-state index contributed by atoms with van der Waals surface area (Å²) in [7, 11) is 0. The molecule has 0 aliphatic rings. The average Bonchev–Trinajstić information content (AvgIpc) is 2.34. The Balaban J connectivity index is 2.27. The van der Waals surface area contributed by atoms with E-state index in [-0.39, 0.29) is 5.75 Å². The lowest BCUT2D eigenvalue weighted by atomic mass is 10.3. The van der Waals surface area contributed by atoms with Crippen LogP contribution in [0.25, 0.3) is 0 Å². The Kier molecular flexibility index (Phi) is 4.16. The van der Waals surface area contributed by atoms with Crippen LogP contribution < -0.4 is 15.8 Å². The van der Waals surface area contributed by atoms with Crippen molar-refractivity contribution in [2.45, 2.75) is 6.61 Å². The molecule has 0 aliphatic carbocycles. The van der Waals surface area contributed by atoms with Gasteiger partial charge >= 0.3 is 6.61 Å². The van der Waals surface area contributed by atoms with Gasteiger partial charge in [-0.2, -0.15) is 8.78 Å². The number of halogens is 3. The van der Waals surface area contributed by atoms with Gasteiger partial charge in [-0.3, -0.25) is 0 Å². The third-order valence-corrected chi connectivity index (χ3v) is 2.82. The zero-order valence-electron chi connectivity index (χ0n) is 9.61. The number of hydrogen-bond acceptors (Lipinski definition) is 4. The van der Waals surface area contributed by atoms with Crippen LogP contribution in [0.3, 0.4) is 0 Å². The van der Waals surface area contributed by atoms with Gasteiger partial charge in [0.15, 0.2) is 0 Å². The fraction of sp³-hybridized carbons (Fsp3) is 0.0833. The second kappa shape index (κ2) is 5.83. The van der Waals surface area contributed by atoms with Gasteiger partial charge in [-0.1, -0.05) is 12.1 Å². The first kappa shape index (κ1) is 13.5. The number of anilines is 3. The van der Waals surface area contributed by atoms with Crippen molar-refractivity contribution in [2.24, 2.45) is 0 Å². The first-order valence-corrected chi connectivity index (χ1v) is 6.07. The molecule has 0 fully saturated rings. The Morgan fingerprint density at radius 2 is 2.05 bits per heavy atom. The van der Waals surface area contributed by atoms with Gasteiger partial charge in [-0.15, -0.1) is 0 Å². The number of nitrogens with one attached hydrogen (secondary N) is 1. The van der Waals surface area contributed by atoms with Crippen LogP contribution in [0.5, 0.6) is 5.75 Å². The fourth-order valence-corrected chi connectivity index (χ4v) is 1.91. The summed E-state index contributed by atoms with van der Waals surface area (Å²) in [5.74, 6) is 0.502. The molecular formula is C12H10BrF2N3O. The van der Waals surface area contributed by atoms with Crippen molar-refractivity contribution in [3.63, 3.8) is 0 Å². The maximum Gasteiger partial charge on any atom is 0.387 e. The van der Waals surface area contributed by atoms with E-state index in [0.717, 1.165) is 0 Å². The first-order valence-electron chi connectivity index (χ1n) is 5.28. The molecule has 0 saturated carbocycles. The van der Waals surface area contributed by atoms with E-state index in [4.69, 9.17) is 5.73 Å². The molecule has 3 N–H and O–H groups in total. The Morgan fingerprint density at radius 1 is 1.32 bits per heavy atom. The molecule has 0 aliphatic heterocycles. The smallest absolute Gasteiger partial charge is 0.387 e. The van der Waals surface area contributed by atoms with Crippen molar-refractivity contribution >= 4 is 33.1 Å². The van der Waals surface area contributed by atoms with E-state index in [1.807, 2.05) is 0 Å². The molecule has 0 atom stereocenters. The van der Waals surface area contributed by atoms with Gasteiger partial charge in [0.05, 0.1) is 22.0 Å². The number of rotatable bonds is 4. The summed E-state index contributed by atoms with van der Waals surface area (Å²) < 4.78 is 29.6. The van der Waals surface area contributed by atoms with Gasteiger partial charge in [0.2, 0.25) is 0 Å². The Hall–Kier alpha value is -1.89. The van der Waals surface area contributed by atoms with Crippen molar-refractivity contribution in [1.29, 1.82) is 0 Å². The summed E-state index contributed by atoms with van der Waals surface area (Å²) in [5.41, 5.74) is 6.46. The van der Waals surface area contributed by atoms with Gasteiger partial charge < -0.3 is 15.8 Å². The van der Waals surface area contributed by atoms with Gasteiger partial charge in [0.25, 0.3) is 0 Å². The van der Waals surface area contributed by atoms with Crippen LogP contribution >= 0.6 is 15.9 Å². The van der Waals surface area contributed by atoms with E-state index < -0.39 is 6.61 Å². The van der Waals surface area contributed by atoms with E-state index in [1.54, 1.807) is 24.3 Å². The molecule has 0 amide bonds. The number of pyridine rings is 1. The number of hydrogen-bond donors (Lipinski definition) is 2. The van der Waals surface area contributed by atoms with Crippen molar-refractivity contribution in [2.75, 3.05) is 11.1 Å². The average molecular weight is 330 g/mol. The van der Waals surface area contributed by atoms with Gasteiger partial charge in [-0.25, -0.2) is 4.98 Å². The topological polar surface area (TPSA) is 60.2 Å². The molecule has 0 unspecified atom stereocenters. The fourth-order valence-electron chi connectivity index (χ4n) is 1.44. The van der Waals surface area contributed by atoms with Crippen molar-refractivity contribution in [3.05, 3.63) is 41.0 Å². The minimum atomic E-state index is -2.88. The van der Waals surface area contributed by atoms with Crippen LogP contribution in [-0.4, -0.2) is 11.6 Å². The summed E-state index contributed by atoms with van der Waals surface area (Å²) in [6, 6.07) is 8.02. The van der Waals surface area contributed by atoms with Gasteiger partial charge in [0.1, 0.15) is 11.6 Å². The maximum atomic E-state index is 12.3. The molecule has 0 bridgehead atoms. The van der Waals surface area contributed by atoms with Gasteiger partial charge in [0, 0.05) is 0 Å². The Labute approximate surface area is 116 Å². The van der Waals surface area contributed by atoms with Crippen molar-refractivity contribution in [3.8, 4) is 5.75 Å². The number of para-hydroxylation sites is 2. The van der Waals surface area contributed by atoms with E-state index in [0.29, 0.717) is 21.7 Å². The van der Waals surface area contributed by atoms with E-state index >= 15 is 0 Å². The standard InChI is InChI=1S/C12H10BrF2N3O/c13-8-5-7(16)6-17-11(8)18-9-3-1-2-4-10(9)19-12(14)15/h1-6,12H,16H2,(H,17,18). The summed E-state index contributed by atoms with van der Waals surface area (Å²) in [5, 5.41) is 2.90. The molecule has 1 aromatic carbocycles. The summed E-state index contributed by atoms with van der Waals surface area (Å²) >= 11 is 3.29. The number of ether oxygens (including phenoxy) is 1. The molecule has 4 nitrogen and oxygen atoms in total. The second-order valence-corrected chi connectivity index (χ2v) is 4.45. The highest BCUT2D eigenvalue weighted by molar-refractivity contribution is 9.10. The SMILES string of the molecule is Nc1cnc(Nc2ccccc2OC(F)F)c(Br)c1. The summed E-state index contributed by atoms with van der Waals surface area (Å²) in [6.07, 6.45) is 1.46. The highest BCUT2D eigenvalue weighted by Gasteiger charge is 2.10. The minimum absolute atomic E-state index is 0.0445.